The Morgan fingerprint density at radius 2 is 0.730 bits per heavy atom. The van der Waals surface area contributed by atoms with E-state index in [2.05, 4.69) is 289 Å². The van der Waals surface area contributed by atoms with E-state index in [9.17, 15) is 0 Å². The van der Waals surface area contributed by atoms with Crippen molar-refractivity contribution in [1.82, 2.24) is 4.57 Å². The summed E-state index contributed by atoms with van der Waals surface area (Å²) in [7, 11) is 0. The van der Waals surface area contributed by atoms with Gasteiger partial charge < -0.3 is 9.47 Å². The lowest BCUT2D eigenvalue weighted by Gasteiger charge is -2.30. The Labute approximate surface area is 441 Å². The Balaban J connectivity index is 1.10. The molecule has 0 bridgehead atoms. The molecule has 1 heterocycles. The number of aromatic nitrogens is 1. The fourth-order valence-corrected chi connectivity index (χ4v) is 11.2. The van der Waals surface area contributed by atoms with Gasteiger partial charge in [-0.3, -0.25) is 0 Å². The smallest absolute Gasteiger partial charge is 0.0541 e. The van der Waals surface area contributed by atoms with Gasteiger partial charge in [-0.05, 0) is 159 Å². The van der Waals surface area contributed by atoms with E-state index in [0.29, 0.717) is 0 Å². The van der Waals surface area contributed by atoms with Crippen molar-refractivity contribution in [1.29, 1.82) is 0 Å². The van der Waals surface area contributed by atoms with Gasteiger partial charge in [0, 0.05) is 32.9 Å². The van der Waals surface area contributed by atoms with Crippen molar-refractivity contribution in [2.24, 2.45) is 0 Å². The standard InChI is InChI=1S/C72H74N2/c1-68(2,3)51-29-35-64-60(43-51)61-44-52(69(4,5)6)30-36-65(61)74(64)63-34-28-48-25-31-58-62(33-27-47-26-32-59(63)67(48)66(47)58)73(56-19-17-16-18-20-56)57-40-50(39-55(42-57)72(13,14)15)46-23-21-45(22-24-46)49-37-53(70(7,8)9)41-54(38-49)71(10,11)12/h16-44H,1-15H3. The highest BCUT2D eigenvalue weighted by atomic mass is 15.1. The minimum Gasteiger partial charge on any atom is -0.310 e. The van der Waals surface area contributed by atoms with Gasteiger partial charge in [0.25, 0.3) is 0 Å². The van der Waals surface area contributed by atoms with Gasteiger partial charge in [0.15, 0.2) is 0 Å². The second-order valence-corrected chi connectivity index (χ2v) is 26.5. The van der Waals surface area contributed by atoms with Crippen LogP contribution in [0.3, 0.4) is 0 Å². The fraction of sp³-hybridized carbons (Fsp3) is 0.278. The lowest BCUT2D eigenvalue weighted by molar-refractivity contribution is 0.569. The summed E-state index contributed by atoms with van der Waals surface area (Å²) in [4.78, 5) is 2.50. The number of hydrogen-bond acceptors (Lipinski definition) is 1. The first-order valence-corrected chi connectivity index (χ1v) is 26.9. The number of benzene rings is 10. The zero-order valence-corrected chi connectivity index (χ0v) is 46.6. The molecule has 0 N–H and O–H groups in total. The third-order valence-electron chi connectivity index (χ3n) is 15.9. The Morgan fingerprint density at radius 1 is 0.297 bits per heavy atom. The number of rotatable bonds is 6. The largest absolute Gasteiger partial charge is 0.310 e. The average molecular weight is 967 g/mol. The van der Waals surface area contributed by atoms with Crippen LogP contribution in [0.4, 0.5) is 17.1 Å². The van der Waals surface area contributed by atoms with Crippen LogP contribution < -0.4 is 4.90 Å². The minimum absolute atomic E-state index is 0.0281. The number of para-hydroxylation sites is 1. The van der Waals surface area contributed by atoms with Gasteiger partial charge >= 0.3 is 0 Å². The van der Waals surface area contributed by atoms with Crippen LogP contribution in [0.1, 0.15) is 132 Å². The Kier molecular flexibility index (Phi) is 11.4. The molecule has 0 saturated carbocycles. The second kappa shape index (κ2) is 17.2. The van der Waals surface area contributed by atoms with Crippen molar-refractivity contribution in [3.63, 3.8) is 0 Å². The molecule has 0 spiro atoms. The summed E-state index contributed by atoms with van der Waals surface area (Å²) in [5.41, 5.74) is 18.8. The zero-order valence-electron chi connectivity index (χ0n) is 46.6. The Bertz CT molecular complexity index is 3840. The van der Waals surface area contributed by atoms with Gasteiger partial charge in [-0.1, -0.05) is 219 Å². The molecule has 1 aromatic heterocycles. The first kappa shape index (κ1) is 49.1. The summed E-state index contributed by atoms with van der Waals surface area (Å²) in [6.45, 7) is 34.8. The van der Waals surface area contributed by atoms with Crippen molar-refractivity contribution < 1.29 is 0 Å². The highest BCUT2D eigenvalue weighted by Crippen LogP contribution is 2.48. The van der Waals surface area contributed by atoms with Crippen LogP contribution >= 0.6 is 0 Å². The highest BCUT2D eigenvalue weighted by molar-refractivity contribution is 6.27. The van der Waals surface area contributed by atoms with E-state index < -0.39 is 0 Å². The van der Waals surface area contributed by atoms with E-state index in [4.69, 9.17) is 0 Å². The summed E-state index contributed by atoms with van der Waals surface area (Å²) >= 11 is 0. The zero-order chi connectivity index (χ0) is 52.4. The molecule has 0 atom stereocenters. The summed E-state index contributed by atoms with van der Waals surface area (Å²) < 4.78 is 2.53. The summed E-state index contributed by atoms with van der Waals surface area (Å²) in [6, 6.07) is 67.8. The molecular formula is C72H74N2. The maximum absolute atomic E-state index is 2.53. The Morgan fingerprint density at radius 3 is 1.23 bits per heavy atom. The van der Waals surface area contributed by atoms with Gasteiger partial charge in [-0.15, -0.1) is 0 Å². The molecule has 0 aliphatic carbocycles. The van der Waals surface area contributed by atoms with Crippen LogP contribution in [0.15, 0.2) is 176 Å². The van der Waals surface area contributed by atoms with E-state index >= 15 is 0 Å². The van der Waals surface area contributed by atoms with Crippen molar-refractivity contribution in [3.05, 3.63) is 204 Å². The normalized spacial score (nSPS) is 13.1. The van der Waals surface area contributed by atoms with Crippen LogP contribution in [0, 0.1) is 0 Å². The van der Waals surface area contributed by atoms with Gasteiger partial charge in [-0.25, -0.2) is 0 Å². The second-order valence-electron chi connectivity index (χ2n) is 26.5. The van der Waals surface area contributed by atoms with Gasteiger partial charge in [0.05, 0.1) is 22.4 Å². The minimum atomic E-state index is -0.0989. The molecule has 0 fully saturated rings. The van der Waals surface area contributed by atoms with Crippen LogP contribution in [0.2, 0.25) is 0 Å². The molecule has 372 valence electrons. The third-order valence-corrected chi connectivity index (χ3v) is 15.9. The molecule has 2 nitrogen and oxygen atoms in total. The number of anilines is 3. The number of fused-ring (bicyclic) bond motifs is 3. The first-order chi connectivity index (χ1) is 34.8. The average Bonchev–Trinajstić information content (AvgIpc) is 3.69. The topological polar surface area (TPSA) is 8.17 Å². The molecule has 2 heteroatoms. The maximum atomic E-state index is 2.53. The predicted molar refractivity (Wildman–Crippen MR) is 324 cm³/mol. The molecule has 0 unspecified atom stereocenters. The van der Waals surface area contributed by atoms with Crippen molar-refractivity contribution in [2.45, 2.75) is 131 Å². The van der Waals surface area contributed by atoms with Crippen LogP contribution in [-0.4, -0.2) is 4.57 Å². The highest BCUT2D eigenvalue weighted by Gasteiger charge is 2.26. The molecule has 0 aliphatic heterocycles. The molecule has 0 saturated heterocycles. The van der Waals surface area contributed by atoms with Gasteiger partial charge in [-0.2, -0.15) is 0 Å². The summed E-state index contributed by atoms with van der Waals surface area (Å²) in [5.74, 6) is 0. The van der Waals surface area contributed by atoms with E-state index in [1.165, 1.54) is 110 Å². The van der Waals surface area contributed by atoms with E-state index in [0.717, 1.165) is 17.1 Å². The molecule has 10 aromatic carbocycles. The van der Waals surface area contributed by atoms with Crippen molar-refractivity contribution in [2.75, 3.05) is 4.90 Å². The molecule has 0 aliphatic rings. The molecular weight excluding hydrogens is 893 g/mol. The predicted octanol–water partition coefficient (Wildman–Crippen LogP) is 21.0. The molecule has 11 aromatic rings. The quantitative estimate of drug-likeness (QED) is 0.151. The molecule has 0 radical (unpaired) electrons. The van der Waals surface area contributed by atoms with Crippen molar-refractivity contribution in [3.8, 4) is 27.9 Å². The van der Waals surface area contributed by atoms with E-state index in [1.807, 2.05) is 0 Å². The number of nitrogens with zero attached hydrogens (tertiary/aromatic N) is 2. The van der Waals surface area contributed by atoms with Crippen molar-refractivity contribution >= 4 is 71.2 Å². The lowest BCUT2D eigenvalue weighted by Crippen LogP contribution is -2.16. The van der Waals surface area contributed by atoms with Crippen LogP contribution in [0.25, 0.3) is 82.1 Å². The first-order valence-electron chi connectivity index (χ1n) is 26.9. The monoisotopic (exact) mass is 967 g/mol. The fourth-order valence-electron chi connectivity index (χ4n) is 11.2. The van der Waals surface area contributed by atoms with Crippen LogP contribution in [0.5, 0.6) is 0 Å². The Hall–Kier alpha value is -7.16. The third kappa shape index (κ3) is 8.64. The molecule has 74 heavy (non-hydrogen) atoms. The lowest BCUT2D eigenvalue weighted by atomic mass is 9.79. The van der Waals surface area contributed by atoms with E-state index in [1.54, 1.807) is 0 Å². The van der Waals surface area contributed by atoms with Gasteiger partial charge in [0.2, 0.25) is 0 Å². The summed E-state index contributed by atoms with van der Waals surface area (Å²) in [5, 5.41) is 10.2. The SMILES string of the molecule is CC(C)(C)c1cc(-c2ccc(-c3cc(C(C)(C)C)cc(C(C)(C)C)c3)cc2)cc(N(c2ccccc2)c2ccc3ccc4c(-n5c6ccc(C(C)(C)C)cc6c6cc(C(C)(C)C)ccc65)ccc5ccc2c3c54)c1. The molecule has 11 rings (SSSR count). The maximum Gasteiger partial charge on any atom is 0.0541 e. The van der Waals surface area contributed by atoms with E-state index in [-0.39, 0.29) is 27.1 Å². The number of hydrogen-bond donors (Lipinski definition) is 0. The molecule has 0 amide bonds. The van der Waals surface area contributed by atoms with Crippen LogP contribution in [-0.2, 0) is 27.1 Å². The van der Waals surface area contributed by atoms with Gasteiger partial charge in [0.1, 0.15) is 0 Å². The summed E-state index contributed by atoms with van der Waals surface area (Å²) in [6.07, 6.45) is 0.